The minimum absolute atomic E-state index is 0.00883. The first-order valence-electron chi connectivity index (χ1n) is 9.53. The van der Waals surface area contributed by atoms with E-state index in [9.17, 15) is 9.59 Å². The molecule has 0 radical (unpaired) electrons. The van der Waals surface area contributed by atoms with Gasteiger partial charge in [0.25, 0.3) is 0 Å². The number of nitrogens with zero attached hydrogens (tertiary/aromatic N) is 1. The van der Waals surface area contributed by atoms with Gasteiger partial charge in [-0.3, -0.25) is 9.59 Å². The predicted octanol–water partition coefficient (Wildman–Crippen LogP) is 3.90. The molecule has 0 saturated heterocycles. The normalized spacial score (nSPS) is 10.6. The van der Waals surface area contributed by atoms with Gasteiger partial charge < -0.3 is 19.7 Å². The fourth-order valence-corrected chi connectivity index (χ4v) is 2.84. The summed E-state index contributed by atoms with van der Waals surface area (Å²) in [4.78, 5) is 26.6. The maximum Gasteiger partial charge on any atom is 0.247 e. The van der Waals surface area contributed by atoms with Crippen molar-refractivity contribution >= 4 is 23.6 Å². The standard InChI is InChI=1S/C23H28N2O4/c1-5-14-25(16-22(26)24-20-9-7-6-8-17(20)2)23(27)13-11-18-10-12-19(28-3)15-21(18)29-4/h6-13,15H,5,14,16H2,1-4H3,(H,24,26)/b13-11+. The summed E-state index contributed by atoms with van der Waals surface area (Å²) in [6, 6.07) is 12.9. The van der Waals surface area contributed by atoms with Crippen LogP contribution in [0.4, 0.5) is 5.69 Å². The summed E-state index contributed by atoms with van der Waals surface area (Å²) < 4.78 is 10.5. The number of para-hydroxylation sites is 1. The molecule has 0 unspecified atom stereocenters. The molecule has 0 aliphatic carbocycles. The van der Waals surface area contributed by atoms with E-state index in [4.69, 9.17) is 9.47 Å². The lowest BCUT2D eigenvalue weighted by Crippen LogP contribution is -2.37. The van der Waals surface area contributed by atoms with E-state index in [1.54, 1.807) is 32.4 Å². The maximum atomic E-state index is 12.7. The molecule has 0 bridgehead atoms. The van der Waals surface area contributed by atoms with Crippen molar-refractivity contribution in [1.29, 1.82) is 0 Å². The number of benzene rings is 2. The third-order valence-electron chi connectivity index (χ3n) is 4.40. The van der Waals surface area contributed by atoms with Crippen LogP contribution in [0, 0.1) is 6.92 Å². The first kappa shape index (κ1) is 22.0. The molecular formula is C23H28N2O4. The van der Waals surface area contributed by atoms with Gasteiger partial charge in [-0.25, -0.2) is 0 Å². The van der Waals surface area contributed by atoms with E-state index in [-0.39, 0.29) is 18.4 Å². The van der Waals surface area contributed by atoms with Crippen LogP contribution in [0.1, 0.15) is 24.5 Å². The van der Waals surface area contributed by atoms with Crippen LogP contribution in [-0.2, 0) is 9.59 Å². The van der Waals surface area contributed by atoms with Crippen LogP contribution < -0.4 is 14.8 Å². The maximum absolute atomic E-state index is 12.7. The molecule has 0 atom stereocenters. The number of hydrogen-bond acceptors (Lipinski definition) is 4. The van der Waals surface area contributed by atoms with Crippen molar-refractivity contribution in [3.05, 3.63) is 59.7 Å². The Labute approximate surface area is 172 Å². The molecular weight excluding hydrogens is 368 g/mol. The first-order valence-corrected chi connectivity index (χ1v) is 9.53. The Kier molecular flexibility index (Phi) is 8.27. The van der Waals surface area contributed by atoms with Gasteiger partial charge in [-0.15, -0.1) is 0 Å². The van der Waals surface area contributed by atoms with Crippen molar-refractivity contribution in [3.63, 3.8) is 0 Å². The van der Waals surface area contributed by atoms with E-state index in [0.717, 1.165) is 23.2 Å². The van der Waals surface area contributed by atoms with E-state index in [0.29, 0.717) is 18.0 Å². The molecule has 0 aliphatic rings. The van der Waals surface area contributed by atoms with E-state index < -0.39 is 0 Å². The van der Waals surface area contributed by atoms with Gasteiger partial charge in [0.15, 0.2) is 0 Å². The molecule has 6 nitrogen and oxygen atoms in total. The van der Waals surface area contributed by atoms with Crippen LogP contribution in [0.3, 0.4) is 0 Å². The molecule has 0 heterocycles. The van der Waals surface area contributed by atoms with Gasteiger partial charge in [0.2, 0.25) is 11.8 Å². The zero-order chi connectivity index (χ0) is 21.2. The summed E-state index contributed by atoms with van der Waals surface area (Å²) in [6.45, 7) is 4.38. The second kappa shape index (κ2) is 10.9. The van der Waals surface area contributed by atoms with E-state index in [1.165, 1.54) is 11.0 Å². The highest BCUT2D eigenvalue weighted by atomic mass is 16.5. The lowest BCUT2D eigenvalue weighted by atomic mass is 10.1. The molecule has 0 spiro atoms. The Morgan fingerprint density at radius 1 is 1.10 bits per heavy atom. The van der Waals surface area contributed by atoms with E-state index in [1.807, 2.05) is 44.2 Å². The highest BCUT2D eigenvalue weighted by Crippen LogP contribution is 2.25. The quantitative estimate of drug-likeness (QED) is 0.653. The number of carbonyl (C=O) groups excluding carboxylic acids is 2. The van der Waals surface area contributed by atoms with Crippen LogP contribution in [0.2, 0.25) is 0 Å². The molecule has 2 aromatic carbocycles. The molecule has 2 rings (SSSR count). The van der Waals surface area contributed by atoms with Gasteiger partial charge in [0.05, 0.1) is 14.2 Å². The largest absolute Gasteiger partial charge is 0.497 e. The summed E-state index contributed by atoms with van der Waals surface area (Å²) in [5.41, 5.74) is 2.48. The SMILES string of the molecule is CCCN(CC(=O)Nc1ccccc1C)C(=O)/C=C/c1ccc(OC)cc1OC. The number of aryl methyl sites for hydroxylation is 1. The topological polar surface area (TPSA) is 67.9 Å². The molecule has 0 aliphatic heterocycles. The van der Waals surface area contributed by atoms with Crippen LogP contribution in [0.15, 0.2) is 48.5 Å². The molecule has 0 fully saturated rings. The van der Waals surface area contributed by atoms with Crippen LogP contribution in [0.25, 0.3) is 6.08 Å². The Hall–Kier alpha value is -3.28. The highest BCUT2D eigenvalue weighted by Gasteiger charge is 2.15. The number of anilines is 1. The fourth-order valence-electron chi connectivity index (χ4n) is 2.84. The Bertz CT molecular complexity index is 877. The number of carbonyl (C=O) groups is 2. The monoisotopic (exact) mass is 396 g/mol. The lowest BCUT2D eigenvalue weighted by molar-refractivity contribution is -0.130. The van der Waals surface area contributed by atoms with E-state index >= 15 is 0 Å². The molecule has 0 saturated carbocycles. The van der Waals surface area contributed by atoms with Crippen molar-refractivity contribution in [3.8, 4) is 11.5 Å². The summed E-state index contributed by atoms with van der Waals surface area (Å²) >= 11 is 0. The number of hydrogen-bond donors (Lipinski definition) is 1. The highest BCUT2D eigenvalue weighted by molar-refractivity contribution is 5.98. The molecule has 2 aromatic rings. The molecule has 154 valence electrons. The second-order valence-corrected chi connectivity index (χ2v) is 6.56. The van der Waals surface area contributed by atoms with Gasteiger partial charge in [0, 0.05) is 29.9 Å². The lowest BCUT2D eigenvalue weighted by Gasteiger charge is -2.20. The fraction of sp³-hybridized carbons (Fsp3) is 0.304. The summed E-state index contributed by atoms with van der Waals surface area (Å²) in [5.74, 6) is 0.819. The minimum Gasteiger partial charge on any atom is -0.497 e. The summed E-state index contributed by atoms with van der Waals surface area (Å²) in [5, 5.41) is 2.87. The third kappa shape index (κ3) is 6.38. The number of amides is 2. The molecule has 29 heavy (non-hydrogen) atoms. The average Bonchev–Trinajstić information content (AvgIpc) is 2.73. The van der Waals surface area contributed by atoms with Crippen molar-refractivity contribution in [2.45, 2.75) is 20.3 Å². The van der Waals surface area contributed by atoms with Crippen molar-refractivity contribution in [1.82, 2.24) is 4.90 Å². The van der Waals surface area contributed by atoms with Crippen LogP contribution in [-0.4, -0.2) is 44.0 Å². The van der Waals surface area contributed by atoms with Crippen molar-refractivity contribution in [2.24, 2.45) is 0 Å². The van der Waals surface area contributed by atoms with Gasteiger partial charge in [-0.1, -0.05) is 25.1 Å². The number of ether oxygens (including phenoxy) is 2. The molecule has 6 heteroatoms. The zero-order valence-electron chi connectivity index (χ0n) is 17.4. The Balaban J connectivity index is 2.08. The van der Waals surface area contributed by atoms with Crippen molar-refractivity contribution in [2.75, 3.05) is 32.6 Å². The van der Waals surface area contributed by atoms with Gasteiger partial charge in [-0.2, -0.15) is 0 Å². The van der Waals surface area contributed by atoms with Crippen LogP contribution >= 0.6 is 0 Å². The predicted molar refractivity (Wildman–Crippen MR) is 115 cm³/mol. The van der Waals surface area contributed by atoms with Gasteiger partial charge in [0.1, 0.15) is 18.0 Å². The van der Waals surface area contributed by atoms with Crippen LogP contribution in [0.5, 0.6) is 11.5 Å². The molecule has 1 N–H and O–H groups in total. The third-order valence-corrected chi connectivity index (χ3v) is 4.40. The van der Waals surface area contributed by atoms with Gasteiger partial charge in [-0.05, 0) is 43.2 Å². The van der Waals surface area contributed by atoms with E-state index in [2.05, 4.69) is 5.32 Å². The average molecular weight is 396 g/mol. The number of nitrogens with one attached hydrogen (secondary N) is 1. The molecule has 2 amide bonds. The number of rotatable bonds is 9. The Morgan fingerprint density at radius 3 is 2.52 bits per heavy atom. The molecule has 0 aromatic heterocycles. The second-order valence-electron chi connectivity index (χ2n) is 6.56. The van der Waals surface area contributed by atoms with Gasteiger partial charge >= 0.3 is 0 Å². The smallest absolute Gasteiger partial charge is 0.247 e. The zero-order valence-corrected chi connectivity index (χ0v) is 17.4. The number of methoxy groups -OCH3 is 2. The summed E-state index contributed by atoms with van der Waals surface area (Å²) in [7, 11) is 3.14. The summed E-state index contributed by atoms with van der Waals surface area (Å²) in [6.07, 6.45) is 3.90. The first-order chi connectivity index (χ1) is 14.0. The minimum atomic E-state index is -0.232. The Morgan fingerprint density at radius 2 is 1.86 bits per heavy atom. The van der Waals surface area contributed by atoms with Crippen molar-refractivity contribution < 1.29 is 19.1 Å².